The molecule has 0 unspecified atom stereocenters. The van der Waals surface area contributed by atoms with Gasteiger partial charge in [0.05, 0.1) is 12.2 Å². The quantitative estimate of drug-likeness (QED) is 0.581. The number of fused-ring (bicyclic) bond motifs is 1. The van der Waals surface area contributed by atoms with Crippen LogP contribution in [0, 0.1) is 0 Å². The molecule has 0 N–H and O–H groups in total. The molecule has 4 nitrogen and oxygen atoms in total. The van der Waals surface area contributed by atoms with Crippen molar-refractivity contribution in [2.24, 2.45) is 7.05 Å². The van der Waals surface area contributed by atoms with Gasteiger partial charge < -0.3 is 4.74 Å². The largest absolute Gasteiger partial charge is 0.462 e. The Morgan fingerprint density at radius 3 is 2.65 bits per heavy atom. The van der Waals surface area contributed by atoms with Crippen LogP contribution in [0.4, 0.5) is 13.2 Å². The first kappa shape index (κ1) is 16.0. The van der Waals surface area contributed by atoms with Gasteiger partial charge in [0.15, 0.2) is 5.69 Å². The summed E-state index contributed by atoms with van der Waals surface area (Å²) in [5.74, 6) is -0.507. The summed E-state index contributed by atoms with van der Waals surface area (Å²) >= 11 is 3.28. The van der Waals surface area contributed by atoms with E-state index in [2.05, 4.69) is 21.0 Å². The zero-order chi connectivity index (χ0) is 16.8. The molecule has 3 rings (SSSR count). The highest BCUT2D eigenvalue weighted by Gasteiger charge is 2.38. The maximum atomic E-state index is 13.3. The van der Waals surface area contributed by atoms with Gasteiger partial charge in [-0.3, -0.25) is 4.68 Å². The van der Waals surface area contributed by atoms with Crippen molar-refractivity contribution in [3.63, 3.8) is 0 Å². The fourth-order valence-corrected chi connectivity index (χ4v) is 3.04. The van der Waals surface area contributed by atoms with Crippen LogP contribution in [0.5, 0.6) is 0 Å². The number of hydrogen-bond donors (Lipinski definition) is 0. The fourth-order valence-electron chi connectivity index (χ4n) is 2.72. The topological polar surface area (TPSA) is 44.1 Å². The molecule has 0 aliphatic carbocycles. The lowest BCUT2D eigenvalue weighted by atomic mass is 9.90. The number of aryl methyl sites for hydroxylation is 1. The molecule has 2 heterocycles. The first-order chi connectivity index (χ1) is 10.8. The molecule has 1 aromatic heterocycles. The number of nitrogens with zero attached hydrogens (tertiary/aromatic N) is 2. The van der Waals surface area contributed by atoms with Crippen molar-refractivity contribution in [3.05, 3.63) is 40.7 Å². The molecule has 8 heteroatoms. The predicted octanol–water partition coefficient (Wildman–Crippen LogP) is 3.71. The smallest absolute Gasteiger partial charge is 0.435 e. The van der Waals surface area contributed by atoms with E-state index in [0.717, 1.165) is 4.68 Å². The summed E-state index contributed by atoms with van der Waals surface area (Å²) in [6.07, 6.45) is -2.86. The van der Waals surface area contributed by atoms with Gasteiger partial charge in [-0.05, 0) is 28.8 Å². The zero-order valence-electron chi connectivity index (χ0n) is 12.1. The second kappa shape index (κ2) is 5.67. The highest BCUT2D eigenvalue weighted by atomic mass is 79.9. The molecule has 0 spiro atoms. The molecule has 1 aromatic carbocycles. The Hall–Kier alpha value is -1.83. The number of carbonyl (C=O) groups excluding carboxylic acids is 1. The van der Waals surface area contributed by atoms with E-state index >= 15 is 0 Å². The number of esters is 1. The second-order valence-electron chi connectivity index (χ2n) is 5.25. The second-order valence-corrected chi connectivity index (χ2v) is 5.81. The van der Waals surface area contributed by atoms with Crippen LogP contribution >= 0.6 is 15.9 Å². The summed E-state index contributed by atoms with van der Waals surface area (Å²) in [7, 11) is 1.44. The number of cyclic esters (lactones) is 1. The standard InChI is InChI=1S/C15H12BrF3N2O2/c1-21-7-12(13(20-21)15(17,18)19)10-4-8(6-16)5-11-9(10)2-3-23-14(11)22/h4-5,7H,2-3,6H2,1H3. The Bertz CT molecular complexity index is 784. The van der Waals surface area contributed by atoms with Gasteiger partial charge in [0.25, 0.3) is 0 Å². The summed E-state index contributed by atoms with van der Waals surface area (Å²) < 4.78 is 45.9. The van der Waals surface area contributed by atoms with Crippen molar-refractivity contribution < 1.29 is 22.7 Å². The number of hydrogen-bond acceptors (Lipinski definition) is 3. The van der Waals surface area contributed by atoms with Gasteiger partial charge >= 0.3 is 12.1 Å². The van der Waals surface area contributed by atoms with Crippen LogP contribution in [0.3, 0.4) is 0 Å². The lowest BCUT2D eigenvalue weighted by Crippen LogP contribution is -2.19. The number of benzene rings is 1. The van der Waals surface area contributed by atoms with Gasteiger partial charge in [0.2, 0.25) is 0 Å². The van der Waals surface area contributed by atoms with Gasteiger partial charge in [-0.2, -0.15) is 18.3 Å². The third kappa shape index (κ3) is 2.87. The highest BCUT2D eigenvalue weighted by Crippen LogP contribution is 2.39. The molecule has 23 heavy (non-hydrogen) atoms. The SMILES string of the molecule is Cn1cc(-c2cc(CBr)cc3c2CCOC3=O)c(C(F)(F)F)n1. The molecule has 0 saturated heterocycles. The Kier molecular flexibility index (Phi) is 3.95. The van der Waals surface area contributed by atoms with Gasteiger partial charge in [-0.15, -0.1) is 0 Å². The molecule has 2 aromatic rings. The average Bonchev–Trinajstić information content (AvgIpc) is 2.89. The molecule has 0 radical (unpaired) electrons. The molecule has 0 fully saturated rings. The molecular weight excluding hydrogens is 377 g/mol. The lowest BCUT2D eigenvalue weighted by Gasteiger charge is -2.20. The Morgan fingerprint density at radius 2 is 2.00 bits per heavy atom. The van der Waals surface area contributed by atoms with E-state index in [1.807, 2.05) is 0 Å². The monoisotopic (exact) mass is 388 g/mol. The van der Waals surface area contributed by atoms with E-state index in [0.29, 0.717) is 34.0 Å². The van der Waals surface area contributed by atoms with Crippen LogP contribution in [-0.4, -0.2) is 22.4 Å². The maximum absolute atomic E-state index is 13.3. The summed E-state index contributed by atoms with van der Waals surface area (Å²) in [6.45, 7) is 0.161. The molecule has 0 bridgehead atoms. The third-order valence-electron chi connectivity index (χ3n) is 3.66. The van der Waals surface area contributed by atoms with E-state index in [4.69, 9.17) is 4.74 Å². The summed E-state index contributed by atoms with van der Waals surface area (Å²) in [5, 5.41) is 3.96. The van der Waals surface area contributed by atoms with Gasteiger partial charge in [0.1, 0.15) is 0 Å². The number of halogens is 4. The fraction of sp³-hybridized carbons (Fsp3) is 0.333. The lowest BCUT2D eigenvalue weighted by molar-refractivity contribution is -0.140. The Balaban J connectivity index is 2.29. The van der Waals surface area contributed by atoms with Crippen LogP contribution in [-0.2, 0) is 29.7 Å². The van der Waals surface area contributed by atoms with E-state index in [1.165, 1.54) is 13.2 Å². The van der Waals surface area contributed by atoms with Gasteiger partial charge in [0, 0.05) is 30.6 Å². The highest BCUT2D eigenvalue weighted by molar-refractivity contribution is 9.08. The van der Waals surface area contributed by atoms with Crippen molar-refractivity contribution in [2.75, 3.05) is 6.61 Å². The van der Waals surface area contributed by atoms with Crippen molar-refractivity contribution in [1.82, 2.24) is 9.78 Å². The van der Waals surface area contributed by atoms with Crippen molar-refractivity contribution in [2.45, 2.75) is 17.9 Å². The first-order valence-corrected chi connectivity index (χ1v) is 7.93. The van der Waals surface area contributed by atoms with Crippen LogP contribution in [0.25, 0.3) is 11.1 Å². The van der Waals surface area contributed by atoms with Crippen molar-refractivity contribution >= 4 is 21.9 Å². The normalized spacial score (nSPS) is 14.6. The molecule has 1 aliphatic heterocycles. The minimum Gasteiger partial charge on any atom is -0.462 e. The Morgan fingerprint density at radius 1 is 1.30 bits per heavy atom. The first-order valence-electron chi connectivity index (χ1n) is 6.81. The molecule has 1 aliphatic rings. The van der Waals surface area contributed by atoms with Crippen molar-refractivity contribution in [1.29, 1.82) is 0 Å². The molecular formula is C15H12BrF3N2O2. The van der Waals surface area contributed by atoms with E-state index in [-0.39, 0.29) is 12.2 Å². The van der Waals surface area contributed by atoms with E-state index in [1.54, 1.807) is 12.1 Å². The van der Waals surface area contributed by atoms with Crippen LogP contribution in [0.2, 0.25) is 0 Å². The number of carbonyl (C=O) groups is 1. The average molecular weight is 389 g/mol. The van der Waals surface area contributed by atoms with E-state index < -0.39 is 17.8 Å². The summed E-state index contributed by atoms with van der Waals surface area (Å²) in [4.78, 5) is 11.9. The van der Waals surface area contributed by atoms with Crippen LogP contribution in [0.15, 0.2) is 18.3 Å². The number of ether oxygens (including phenoxy) is 1. The minimum atomic E-state index is -4.57. The van der Waals surface area contributed by atoms with Crippen LogP contribution in [0.1, 0.15) is 27.2 Å². The summed E-state index contributed by atoms with van der Waals surface area (Å²) in [6, 6.07) is 3.32. The summed E-state index contributed by atoms with van der Waals surface area (Å²) in [5.41, 5.74) is 1.01. The number of alkyl halides is 4. The third-order valence-corrected chi connectivity index (χ3v) is 4.30. The predicted molar refractivity (Wildman–Crippen MR) is 80.3 cm³/mol. The Labute approximate surface area is 138 Å². The molecule has 122 valence electrons. The molecule has 0 saturated carbocycles. The maximum Gasteiger partial charge on any atom is 0.435 e. The van der Waals surface area contributed by atoms with Gasteiger partial charge in [-0.1, -0.05) is 15.9 Å². The zero-order valence-corrected chi connectivity index (χ0v) is 13.7. The van der Waals surface area contributed by atoms with E-state index in [9.17, 15) is 18.0 Å². The van der Waals surface area contributed by atoms with Gasteiger partial charge in [-0.25, -0.2) is 4.79 Å². The number of rotatable bonds is 2. The molecule has 0 atom stereocenters. The minimum absolute atomic E-state index is 0.0197. The van der Waals surface area contributed by atoms with Crippen LogP contribution < -0.4 is 0 Å². The molecule has 0 amide bonds. The number of aromatic nitrogens is 2. The van der Waals surface area contributed by atoms with Crippen molar-refractivity contribution in [3.8, 4) is 11.1 Å².